The number of likely N-dealkylation sites (N-methyl/N-ethyl adjacent to an activating group) is 1. The molecule has 0 spiro atoms. The number of amides is 1. The van der Waals surface area contributed by atoms with E-state index in [9.17, 15) is 4.79 Å². The van der Waals surface area contributed by atoms with Gasteiger partial charge in [-0.15, -0.1) is 0 Å². The third-order valence-corrected chi connectivity index (χ3v) is 8.60. The van der Waals surface area contributed by atoms with Gasteiger partial charge in [0.15, 0.2) is 5.72 Å². The van der Waals surface area contributed by atoms with Crippen LogP contribution in [0.4, 0.5) is 0 Å². The van der Waals surface area contributed by atoms with E-state index in [0.29, 0.717) is 6.54 Å². The van der Waals surface area contributed by atoms with Gasteiger partial charge >= 0.3 is 0 Å². The third kappa shape index (κ3) is 2.12. The Morgan fingerprint density at radius 3 is 2.51 bits per heavy atom. The Hall–Kier alpha value is -3.39. The Labute approximate surface area is 201 Å². The summed E-state index contributed by atoms with van der Waals surface area (Å²) in [6.45, 7) is 2.68. The van der Waals surface area contributed by atoms with Crippen molar-refractivity contribution in [1.29, 1.82) is 0 Å². The lowest BCUT2D eigenvalue weighted by molar-refractivity contribution is -0.256. The quantitative estimate of drug-likeness (QED) is 0.406. The Kier molecular flexibility index (Phi) is 3.65. The van der Waals surface area contributed by atoms with Crippen LogP contribution < -0.4 is 10.6 Å². The van der Waals surface area contributed by atoms with Gasteiger partial charge in [-0.2, -0.15) is 0 Å². The van der Waals surface area contributed by atoms with Gasteiger partial charge in [0.1, 0.15) is 12.3 Å². The minimum atomic E-state index is -0.760. The molecule has 1 saturated heterocycles. The van der Waals surface area contributed by atoms with Crippen LogP contribution in [-0.4, -0.2) is 41.3 Å². The first kappa shape index (κ1) is 19.9. The topological polar surface area (TPSA) is 69.5 Å². The van der Waals surface area contributed by atoms with Crippen molar-refractivity contribution < 1.29 is 14.3 Å². The molecule has 0 saturated carbocycles. The molecule has 176 valence electrons. The summed E-state index contributed by atoms with van der Waals surface area (Å²) in [5.74, 6) is 0.00357. The highest BCUT2D eigenvalue weighted by atomic mass is 16.6. The predicted octanol–water partition coefficient (Wildman–Crippen LogP) is 4.35. The van der Waals surface area contributed by atoms with Gasteiger partial charge in [-0.3, -0.25) is 4.79 Å². The molecule has 2 aromatic heterocycles. The Morgan fingerprint density at radius 1 is 1.06 bits per heavy atom. The number of aromatic nitrogens is 2. The van der Waals surface area contributed by atoms with Gasteiger partial charge in [-0.25, -0.2) is 0 Å². The number of carbonyl (C=O) groups excluding carboxylic acids is 1. The van der Waals surface area contributed by atoms with E-state index < -0.39 is 5.72 Å². The van der Waals surface area contributed by atoms with Crippen LogP contribution >= 0.6 is 0 Å². The smallest absolute Gasteiger partial charge is 0.252 e. The molecular weight excluding hydrogens is 440 g/mol. The largest absolute Gasteiger partial charge is 0.375 e. The fraction of sp³-hybridized carbons (Fsp3) is 0.321. The summed E-state index contributed by atoms with van der Waals surface area (Å²) < 4.78 is 18.0. The fourth-order valence-electron chi connectivity index (χ4n) is 7.33. The van der Waals surface area contributed by atoms with Crippen molar-refractivity contribution in [2.75, 3.05) is 14.2 Å². The molecule has 8 rings (SSSR count). The Morgan fingerprint density at radius 2 is 1.77 bits per heavy atom. The van der Waals surface area contributed by atoms with E-state index in [0.717, 1.165) is 61.2 Å². The molecule has 4 atom stereocenters. The molecule has 2 N–H and O–H groups in total. The van der Waals surface area contributed by atoms with Crippen LogP contribution in [-0.2, 0) is 21.7 Å². The van der Waals surface area contributed by atoms with Crippen molar-refractivity contribution >= 4 is 49.5 Å². The minimum absolute atomic E-state index is 0.00357. The maximum atomic E-state index is 13.3. The Balaban J connectivity index is 1.72. The van der Waals surface area contributed by atoms with E-state index in [1.54, 1.807) is 7.11 Å². The number of hydrogen-bond donors (Lipinski definition) is 2. The average molecular weight is 467 g/mol. The molecule has 2 bridgehead atoms. The molecular formula is C28H26N4O3. The van der Waals surface area contributed by atoms with Crippen molar-refractivity contribution in [2.24, 2.45) is 0 Å². The molecule has 0 aliphatic carbocycles. The van der Waals surface area contributed by atoms with Crippen LogP contribution in [0.1, 0.15) is 35.5 Å². The van der Waals surface area contributed by atoms with E-state index in [4.69, 9.17) is 9.47 Å². The summed E-state index contributed by atoms with van der Waals surface area (Å²) in [5.41, 5.74) is 5.51. The predicted molar refractivity (Wildman–Crippen MR) is 136 cm³/mol. The van der Waals surface area contributed by atoms with Crippen LogP contribution in [0.2, 0.25) is 0 Å². The third-order valence-electron chi connectivity index (χ3n) is 8.60. The first-order valence-corrected chi connectivity index (χ1v) is 12.3. The van der Waals surface area contributed by atoms with E-state index >= 15 is 0 Å². The lowest BCUT2D eigenvalue weighted by atomic mass is 9.93. The number of ether oxygens (including phenoxy) is 2. The number of nitrogens with zero attached hydrogens (tertiary/aromatic N) is 2. The molecule has 3 aliphatic rings. The van der Waals surface area contributed by atoms with Crippen LogP contribution in [0.5, 0.6) is 0 Å². The van der Waals surface area contributed by atoms with Gasteiger partial charge in [-0.1, -0.05) is 36.4 Å². The molecule has 1 unspecified atom stereocenters. The summed E-state index contributed by atoms with van der Waals surface area (Å²) in [4.78, 5) is 13.3. The van der Waals surface area contributed by atoms with E-state index in [1.165, 1.54) is 0 Å². The van der Waals surface area contributed by atoms with Gasteiger partial charge in [0.2, 0.25) is 0 Å². The monoisotopic (exact) mass is 466 g/mol. The van der Waals surface area contributed by atoms with Crippen molar-refractivity contribution in [3.63, 3.8) is 0 Å². The summed E-state index contributed by atoms with van der Waals surface area (Å²) in [5, 5.41) is 11.0. The van der Waals surface area contributed by atoms with Gasteiger partial charge in [0.25, 0.3) is 5.91 Å². The molecule has 7 nitrogen and oxygen atoms in total. The summed E-state index contributed by atoms with van der Waals surface area (Å²) in [6.07, 6.45) is 0.337. The highest BCUT2D eigenvalue weighted by molar-refractivity contribution is 6.31. The van der Waals surface area contributed by atoms with Crippen LogP contribution in [0.15, 0.2) is 48.5 Å². The van der Waals surface area contributed by atoms with Crippen LogP contribution in [0, 0.1) is 0 Å². The second-order valence-corrected chi connectivity index (χ2v) is 10.1. The number of para-hydroxylation sites is 2. The number of hydrogen-bond acceptors (Lipinski definition) is 4. The van der Waals surface area contributed by atoms with E-state index in [-0.39, 0.29) is 24.3 Å². The lowest BCUT2D eigenvalue weighted by Gasteiger charge is -2.48. The number of methoxy groups -OCH3 is 1. The van der Waals surface area contributed by atoms with Crippen molar-refractivity contribution in [2.45, 2.75) is 44.0 Å². The molecule has 3 aromatic carbocycles. The molecule has 1 fully saturated rings. The maximum absolute atomic E-state index is 13.3. The highest BCUT2D eigenvalue weighted by Gasteiger charge is 2.53. The minimum Gasteiger partial charge on any atom is -0.375 e. The van der Waals surface area contributed by atoms with Gasteiger partial charge in [0, 0.05) is 47.7 Å². The first-order chi connectivity index (χ1) is 17.1. The van der Waals surface area contributed by atoms with E-state index in [1.807, 2.05) is 7.05 Å². The number of carbonyl (C=O) groups is 1. The van der Waals surface area contributed by atoms with Gasteiger partial charge < -0.3 is 29.2 Å². The first-order valence-electron chi connectivity index (χ1n) is 12.3. The molecule has 5 heterocycles. The van der Waals surface area contributed by atoms with Crippen LogP contribution in [0.3, 0.4) is 0 Å². The summed E-state index contributed by atoms with van der Waals surface area (Å²) in [6, 6.07) is 17.0. The molecule has 1 amide bonds. The molecule has 0 radical (unpaired) electrons. The molecule has 5 aromatic rings. The zero-order chi connectivity index (χ0) is 23.6. The standard InChI is InChI=1S/C28H26N4O3/c1-28-26(34-3)17(29-2)12-20(35-28)31-18-10-6-4-8-14(18)22-23-16(13-30-27(23)33)21-15-9-5-7-11-19(15)32(28)25(21)24(22)31/h4-11,17,20,26,29H,12-13H2,1-3H3,(H,30,33)/t17-,20+,26-,28?/m0/s1. The number of nitrogens with one attached hydrogen (secondary N) is 2. The SMILES string of the molecule is CN[C@H]1C[C@H]2OC(C)([C@H]1OC)n1c3ccccc3c3c4c(c5c6ccccc6n2c5c31)C(=O)NC4. The normalized spacial score (nSPS) is 27.3. The zero-order valence-electron chi connectivity index (χ0n) is 19.9. The number of benzene rings is 3. The lowest BCUT2D eigenvalue weighted by Crippen LogP contribution is -2.59. The van der Waals surface area contributed by atoms with Crippen molar-refractivity contribution in [3.8, 4) is 0 Å². The van der Waals surface area contributed by atoms with Crippen molar-refractivity contribution in [1.82, 2.24) is 19.8 Å². The van der Waals surface area contributed by atoms with E-state index in [2.05, 4.69) is 75.2 Å². The van der Waals surface area contributed by atoms with Crippen molar-refractivity contribution in [3.05, 3.63) is 59.7 Å². The zero-order valence-corrected chi connectivity index (χ0v) is 19.9. The average Bonchev–Trinajstić information content (AvgIpc) is 3.51. The van der Waals surface area contributed by atoms with Crippen LogP contribution in [0.25, 0.3) is 43.6 Å². The molecule has 7 heteroatoms. The highest BCUT2D eigenvalue weighted by Crippen LogP contribution is 2.53. The van der Waals surface area contributed by atoms with Gasteiger partial charge in [0.05, 0.1) is 27.6 Å². The second kappa shape index (κ2) is 6.43. The van der Waals surface area contributed by atoms with Gasteiger partial charge in [-0.05, 0) is 31.7 Å². The summed E-state index contributed by atoms with van der Waals surface area (Å²) in [7, 11) is 3.77. The molecule has 3 aliphatic heterocycles. The second-order valence-electron chi connectivity index (χ2n) is 10.1. The summed E-state index contributed by atoms with van der Waals surface area (Å²) >= 11 is 0. The Bertz CT molecular complexity index is 1750. The molecule has 35 heavy (non-hydrogen) atoms. The number of rotatable bonds is 2. The number of fused-ring (bicyclic) bond motifs is 13. The fourth-order valence-corrected chi connectivity index (χ4v) is 7.33. The maximum Gasteiger partial charge on any atom is 0.252 e.